The van der Waals surface area contributed by atoms with E-state index < -0.39 is 22.2 Å². The molecule has 0 amide bonds. The summed E-state index contributed by atoms with van der Waals surface area (Å²) in [5, 5.41) is 14.9. The molecule has 1 spiro atoms. The number of anilines is 3. The number of ether oxygens (including phenoxy) is 8. The van der Waals surface area contributed by atoms with E-state index in [9.17, 15) is 24.0 Å². The number of unbranched alkanes of at least 4 members (excludes halogenated alkanes) is 2. The molecule has 1 aromatic heterocycles. The SMILES string of the molecule is BrCCCCCBr.C.C1CCOC1.COC(=O)C(C)(C)c1ccc(OC)cc1C.COC(=O)Cc1ccc(OC)cc1C.COc1cc(C)c2c(c1)CC(=O)C2(C)C.COc1ccc(C(C)(C)C(=O)C=[N+]=[N-])c(C)c1.COc1ccc(C(C)(C)C(=O)O)c(C)c1.Cc1cc(Nc2ncnc(N)c2C)cc2c1C(C)(C)CC21CCCCC1.[Li+].[OH-]. The van der Waals surface area contributed by atoms with E-state index in [2.05, 4.69) is 89.6 Å². The molecule has 2 fully saturated rings. The number of nitrogens with two attached hydrogens (primary N) is 1. The Morgan fingerprint density at radius 2 is 1.05 bits per heavy atom. The van der Waals surface area contributed by atoms with Gasteiger partial charge in [-0.15, -0.1) is 0 Å². The van der Waals surface area contributed by atoms with Crippen LogP contribution in [0.3, 0.4) is 0 Å². The number of nitrogens with one attached hydrogen (secondary N) is 1. The summed E-state index contributed by atoms with van der Waals surface area (Å²) in [7, 11) is 10.9. The number of halogens is 2. The van der Waals surface area contributed by atoms with Gasteiger partial charge < -0.3 is 65.1 Å². The van der Waals surface area contributed by atoms with Gasteiger partial charge in [-0.05, 0) is 310 Å². The smallest absolute Gasteiger partial charge is 0.870 e. The molecule has 7 aromatic rings. The Hall–Kier alpha value is -8.39. The number of aryl methyl sites for hydroxylation is 6. The molecule has 4 aliphatic rings. The average molecular weight is 1750 g/mol. The zero-order chi connectivity index (χ0) is 86.4. The fourth-order valence-corrected chi connectivity index (χ4v) is 16.2. The molecule has 2 heterocycles. The molecule has 0 atom stereocenters. The van der Waals surface area contributed by atoms with Gasteiger partial charge in [0.1, 0.15) is 52.5 Å². The molecule has 0 radical (unpaired) electrons. The van der Waals surface area contributed by atoms with Crippen LogP contribution in [0.5, 0.6) is 28.7 Å². The molecule has 21 nitrogen and oxygen atoms in total. The van der Waals surface area contributed by atoms with Crippen molar-refractivity contribution in [2.75, 3.05) is 84.7 Å². The molecule has 118 heavy (non-hydrogen) atoms. The van der Waals surface area contributed by atoms with Gasteiger partial charge in [-0.25, -0.2) is 9.97 Å². The largest absolute Gasteiger partial charge is 1.00 e. The van der Waals surface area contributed by atoms with Crippen LogP contribution in [-0.4, -0.2) is 135 Å². The first-order valence-electron chi connectivity index (χ1n) is 39.2. The first kappa shape index (κ1) is 108. The van der Waals surface area contributed by atoms with E-state index in [1.807, 2.05) is 148 Å². The zero-order valence-corrected chi connectivity index (χ0v) is 77.4. The second-order valence-electron chi connectivity index (χ2n) is 32.3. The van der Waals surface area contributed by atoms with Crippen molar-refractivity contribution < 1.29 is 96.1 Å². The summed E-state index contributed by atoms with van der Waals surface area (Å²) in [5.41, 5.74) is 30.1. The number of ketones is 2. The van der Waals surface area contributed by atoms with Gasteiger partial charge >= 0.3 is 43.0 Å². The number of esters is 2. The van der Waals surface area contributed by atoms with E-state index in [0.717, 1.165) is 132 Å². The van der Waals surface area contributed by atoms with Crippen molar-refractivity contribution in [3.8, 4) is 28.7 Å². The predicted octanol–water partition coefficient (Wildman–Crippen LogP) is 17.6. The van der Waals surface area contributed by atoms with Crippen molar-refractivity contribution in [3.05, 3.63) is 192 Å². The number of carboxylic acids is 1. The van der Waals surface area contributed by atoms with Crippen LogP contribution in [0.2, 0.25) is 0 Å². The Bertz CT molecular complexity index is 4450. The zero-order valence-electron chi connectivity index (χ0n) is 74.2. The minimum atomic E-state index is -0.865. The number of carbonyl (C=O) groups is 5. The van der Waals surface area contributed by atoms with Crippen LogP contribution in [-0.2, 0) is 83.5 Å². The van der Waals surface area contributed by atoms with Gasteiger partial charge in [-0.1, -0.05) is 103 Å². The van der Waals surface area contributed by atoms with Crippen molar-refractivity contribution in [1.29, 1.82) is 0 Å². The number of hydrogen-bond acceptors (Lipinski definition) is 18. The third kappa shape index (κ3) is 29.5. The minimum absolute atomic E-state index is 0. The van der Waals surface area contributed by atoms with Crippen LogP contribution in [0.1, 0.15) is 231 Å². The number of nitrogens with zero attached hydrogens (tertiary/aromatic N) is 4. The van der Waals surface area contributed by atoms with Gasteiger partial charge in [0.05, 0.1) is 72.4 Å². The van der Waals surface area contributed by atoms with E-state index in [1.165, 1.54) is 102 Å². The van der Waals surface area contributed by atoms with Crippen LogP contribution in [0.25, 0.3) is 5.53 Å². The van der Waals surface area contributed by atoms with Crippen LogP contribution in [0, 0.1) is 48.5 Å². The number of Topliss-reactive ketones (excluding diaryl/α,β-unsaturated/α-hetero) is 2. The number of carboxylic acid groups (broad SMARTS) is 1. The molecule has 24 heteroatoms. The number of alkyl halides is 2. The molecule has 3 aliphatic carbocycles. The third-order valence-corrected chi connectivity index (χ3v) is 23.0. The van der Waals surface area contributed by atoms with E-state index in [4.69, 9.17) is 49.5 Å². The molecular formula is C94H133Br2LiN6O15. The van der Waals surface area contributed by atoms with E-state index in [-0.39, 0.29) is 60.3 Å². The molecule has 1 saturated heterocycles. The summed E-state index contributed by atoms with van der Waals surface area (Å²) in [6.07, 6.45) is 17.9. The summed E-state index contributed by atoms with van der Waals surface area (Å²) < 4.78 is 40.0. The van der Waals surface area contributed by atoms with Crippen molar-refractivity contribution in [2.45, 2.75) is 241 Å². The number of methoxy groups -OCH3 is 7. The van der Waals surface area contributed by atoms with Gasteiger partial charge in [0.2, 0.25) is 5.78 Å². The fraction of sp³-hybridized carbons (Fsp3) is 0.511. The molecule has 11 rings (SSSR count). The first-order valence-corrected chi connectivity index (χ1v) is 41.5. The molecular weight excluding hydrogens is 1620 g/mol. The van der Waals surface area contributed by atoms with Crippen molar-refractivity contribution in [3.63, 3.8) is 0 Å². The Morgan fingerprint density at radius 3 is 1.47 bits per heavy atom. The number of fused-ring (bicyclic) bond motifs is 3. The Morgan fingerprint density at radius 1 is 0.593 bits per heavy atom. The average Bonchev–Trinajstić information content (AvgIpc) is 1.57. The molecule has 644 valence electrons. The normalized spacial score (nSPS) is 13.9. The van der Waals surface area contributed by atoms with E-state index >= 15 is 0 Å². The Labute approximate surface area is 732 Å². The predicted molar refractivity (Wildman–Crippen MR) is 478 cm³/mol. The van der Waals surface area contributed by atoms with Gasteiger partial charge in [-0.2, -0.15) is 4.79 Å². The van der Waals surface area contributed by atoms with E-state index in [1.54, 1.807) is 80.4 Å². The van der Waals surface area contributed by atoms with Crippen LogP contribution >= 0.6 is 31.9 Å². The van der Waals surface area contributed by atoms with Gasteiger partial charge in [0, 0.05) is 47.0 Å². The number of aromatic nitrogens is 2. The summed E-state index contributed by atoms with van der Waals surface area (Å²) in [6, 6.07) is 30.9. The number of benzene rings is 6. The first-order chi connectivity index (χ1) is 54.1. The van der Waals surface area contributed by atoms with E-state index in [0.29, 0.717) is 29.9 Å². The molecule has 0 bridgehead atoms. The van der Waals surface area contributed by atoms with Crippen LogP contribution in [0.15, 0.2) is 103 Å². The number of nitrogen functional groups attached to an aromatic ring is 1. The summed E-state index contributed by atoms with van der Waals surface area (Å²) in [4.78, 5) is 68.8. The number of hydrogen-bond donors (Lipinski definition) is 3. The maximum atomic E-state index is 11.9. The quantitative estimate of drug-likeness (QED) is 0.0121. The second kappa shape index (κ2) is 50.0. The Kier molecular flexibility index (Phi) is 45.6. The molecule has 1 saturated carbocycles. The summed E-state index contributed by atoms with van der Waals surface area (Å²) in [6.45, 7) is 35.5. The van der Waals surface area contributed by atoms with Crippen molar-refractivity contribution in [2.24, 2.45) is 0 Å². The van der Waals surface area contributed by atoms with Crippen molar-refractivity contribution in [1.82, 2.24) is 9.97 Å². The number of rotatable bonds is 20. The van der Waals surface area contributed by atoms with Gasteiger partial charge in [0.25, 0.3) is 0 Å². The standard InChI is InChI=1S/C22H30N4.C13H16N2O2.C13H18O3.C13H16O2.C12H16O3.C11H14O3.C5H10Br2.C4H8O.CH4.Li.H2O/c1-14-10-16(26-20-15(2)19(23)24-13-25-20)11-17-18(14)21(3,4)12-22(17)8-6-5-7-9-22;1-9-7-10(17-4)5-6-11(9)13(2,3)12(16)8-15-14;1-9-8-10(15-4)6-7-11(9)13(2,3)12(14)16-5;1-8-5-10(15-4)6-9-7-11(14)13(2,3)12(8)9;1-8-7-9(15-4)5-6-10(8)12(2,3)11(13)14;1-8-6-10(13-2)5-4-9(8)7-11(12)14-3;6-4-2-1-3-5-7;1-2-4-5-3-1;;;/h10-11,13H,5-9,12H2,1-4H3,(H3,23,24,25,26);5-8H,1-4H3;6-8H,1-5H3;5-6H,7H2,1-4H3;5-7H,1-4H3,(H,13,14);4-6H,7H2,1-3H3;1-5H2;1-4H2;1H4;;1H2/q;;;;;;;;;+1;/p-1. The van der Waals surface area contributed by atoms with Gasteiger partial charge in [0.15, 0.2) is 0 Å². The number of aliphatic carboxylic acids is 1. The van der Waals surface area contributed by atoms with Crippen molar-refractivity contribution >= 4 is 84.9 Å². The fourth-order valence-electron chi connectivity index (χ4n) is 15.4. The molecule has 1 aliphatic heterocycles. The topological polar surface area (TPSA) is 310 Å². The summed E-state index contributed by atoms with van der Waals surface area (Å²) >= 11 is 6.73. The van der Waals surface area contributed by atoms with Gasteiger partial charge in [-0.3, -0.25) is 24.0 Å². The molecule has 0 unspecified atom stereocenters. The molecule has 5 N–H and O–H groups in total. The Balaban J connectivity index is 0.000000693. The van der Waals surface area contributed by atoms with Crippen LogP contribution < -0.4 is 53.6 Å². The second-order valence-corrected chi connectivity index (χ2v) is 33.9. The maximum absolute atomic E-state index is 11.9. The number of carbonyl (C=O) groups excluding carboxylic acids is 4. The third-order valence-electron chi connectivity index (χ3n) is 21.9. The summed E-state index contributed by atoms with van der Waals surface area (Å²) in [5.74, 6) is 4.05. The van der Waals surface area contributed by atoms with Crippen LogP contribution in [0.4, 0.5) is 17.3 Å². The monoisotopic (exact) mass is 1750 g/mol. The molecule has 6 aromatic carbocycles. The maximum Gasteiger partial charge on any atom is 1.00 e. The minimum Gasteiger partial charge on any atom is -0.870 e.